The van der Waals surface area contributed by atoms with Gasteiger partial charge in [0.15, 0.2) is 0 Å². The Labute approximate surface area is 128 Å². The fourth-order valence-corrected chi connectivity index (χ4v) is 2.83. The molecule has 3 atom stereocenters. The maximum atomic E-state index is 5.97. The third-order valence-electron chi connectivity index (χ3n) is 4.15. The van der Waals surface area contributed by atoms with E-state index in [0.29, 0.717) is 23.9 Å². The molecule has 21 heavy (non-hydrogen) atoms. The molecule has 1 N–H and O–H groups in total. The number of rotatable bonds is 3. The molecule has 0 aliphatic heterocycles. The molecule has 3 rings (SSSR count). The number of hydrogen-bond donors (Lipinski definition) is 1. The van der Waals surface area contributed by atoms with E-state index in [1.165, 1.54) is 23.8 Å². The Morgan fingerprint density at radius 2 is 2.05 bits per heavy atom. The summed E-state index contributed by atoms with van der Waals surface area (Å²) in [6, 6.07) is 0.373. The average Bonchev–Trinajstić information content (AvgIpc) is 2.96. The zero-order chi connectivity index (χ0) is 14.8. The van der Waals surface area contributed by atoms with Gasteiger partial charge in [-0.05, 0) is 42.7 Å². The van der Waals surface area contributed by atoms with Crippen LogP contribution in [0.4, 0.5) is 5.95 Å². The van der Waals surface area contributed by atoms with Crippen LogP contribution in [0.2, 0.25) is 5.28 Å². The summed E-state index contributed by atoms with van der Waals surface area (Å²) in [7, 11) is 0. The summed E-state index contributed by atoms with van der Waals surface area (Å²) in [5, 5.41) is 7.52. The lowest BCUT2D eigenvalue weighted by atomic mass is 9.79. The van der Waals surface area contributed by atoms with Crippen molar-refractivity contribution in [3.63, 3.8) is 0 Å². The van der Waals surface area contributed by atoms with Gasteiger partial charge < -0.3 is 5.32 Å². The molecular formula is C13H18ClN7. The molecule has 112 valence electrons. The molecule has 1 saturated carbocycles. The fourth-order valence-electron chi connectivity index (χ4n) is 2.68. The molecule has 7 nitrogen and oxygen atoms in total. The molecule has 8 heteroatoms. The molecule has 1 aliphatic rings. The van der Waals surface area contributed by atoms with Crippen LogP contribution in [0, 0.1) is 11.8 Å². The smallest absolute Gasteiger partial charge is 0.258 e. The minimum absolute atomic E-state index is 0.148. The first-order chi connectivity index (χ1) is 10.1. The number of anilines is 1. The quantitative estimate of drug-likeness (QED) is 0.937. The van der Waals surface area contributed by atoms with E-state index in [9.17, 15) is 0 Å². The van der Waals surface area contributed by atoms with Crippen molar-refractivity contribution in [1.29, 1.82) is 0 Å². The molecule has 2 aromatic rings. The Bertz CT molecular complexity index is 601. The van der Waals surface area contributed by atoms with Crippen molar-refractivity contribution in [1.82, 2.24) is 29.7 Å². The van der Waals surface area contributed by atoms with Gasteiger partial charge >= 0.3 is 0 Å². The molecule has 1 aliphatic carbocycles. The van der Waals surface area contributed by atoms with Gasteiger partial charge in [0.25, 0.3) is 5.95 Å². The lowest BCUT2D eigenvalue weighted by Crippen LogP contribution is -2.31. The summed E-state index contributed by atoms with van der Waals surface area (Å²) in [4.78, 5) is 16.4. The van der Waals surface area contributed by atoms with E-state index in [1.807, 2.05) is 0 Å². The molecule has 0 radical (unpaired) electrons. The van der Waals surface area contributed by atoms with Crippen LogP contribution in [-0.4, -0.2) is 35.8 Å². The van der Waals surface area contributed by atoms with Gasteiger partial charge in [0.1, 0.15) is 12.7 Å². The van der Waals surface area contributed by atoms with E-state index in [2.05, 4.69) is 44.2 Å². The van der Waals surface area contributed by atoms with E-state index >= 15 is 0 Å². The number of halogens is 1. The Morgan fingerprint density at radius 1 is 1.19 bits per heavy atom. The van der Waals surface area contributed by atoms with Crippen molar-refractivity contribution in [3.05, 3.63) is 17.9 Å². The molecule has 3 unspecified atom stereocenters. The zero-order valence-electron chi connectivity index (χ0n) is 12.1. The first-order valence-electron chi connectivity index (χ1n) is 7.15. The van der Waals surface area contributed by atoms with E-state index in [4.69, 9.17) is 11.6 Å². The van der Waals surface area contributed by atoms with Gasteiger partial charge in [0, 0.05) is 6.04 Å². The molecule has 1 fully saturated rings. The van der Waals surface area contributed by atoms with Crippen molar-refractivity contribution >= 4 is 17.5 Å². The average molecular weight is 308 g/mol. The lowest BCUT2D eigenvalue weighted by Gasteiger charge is -2.32. The van der Waals surface area contributed by atoms with Crippen LogP contribution < -0.4 is 5.32 Å². The first kappa shape index (κ1) is 14.2. The Hall–Kier alpha value is -1.76. The minimum Gasteiger partial charge on any atom is -0.351 e. The monoisotopic (exact) mass is 307 g/mol. The highest BCUT2D eigenvalue weighted by Crippen LogP contribution is 2.30. The molecular weight excluding hydrogens is 290 g/mol. The topological polar surface area (TPSA) is 81.4 Å². The Morgan fingerprint density at radius 3 is 2.76 bits per heavy atom. The first-order valence-corrected chi connectivity index (χ1v) is 7.52. The van der Waals surface area contributed by atoms with Gasteiger partial charge in [0.05, 0.1) is 0 Å². The second-order valence-corrected chi connectivity index (χ2v) is 6.02. The van der Waals surface area contributed by atoms with Gasteiger partial charge in [0.2, 0.25) is 11.2 Å². The van der Waals surface area contributed by atoms with Crippen molar-refractivity contribution in [2.75, 3.05) is 5.32 Å². The molecule has 0 spiro atoms. The van der Waals surface area contributed by atoms with Gasteiger partial charge in [-0.1, -0.05) is 13.8 Å². The molecule has 0 bridgehead atoms. The summed E-state index contributed by atoms with van der Waals surface area (Å²) in [5.74, 6) is 2.33. The van der Waals surface area contributed by atoms with Crippen molar-refractivity contribution in [2.24, 2.45) is 11.8 Å². The van der Waals surface area contributed by atoms with Crippen LogP contribution in [0.3, 0.4) is 0 Å². The second kappa shape index (κ2) is 5.93. The number of nitrogens with one attached hydrogen (secondary N) is 1. The van der Waals surface area contributed by atoms with Crippen LogP contribution in [0.25, 0.3) is 5.95 Å². The predicted molar refractivity (Wildman–Crippen MR) is 79.3 cm³/mol. The van der Waals surface area contributed by atoms with Crippen LogP contribution in [0.15, 0.2) is 12.7 Å². The number of aromatic nitrogens is 6. The third-order valence-corrected chi connectivity index (χ3v) is 4.32. The summed E-state index contributed by atoms with van der Waals surface area (Å²) < 4.78 is 1.46. The highest BCUT2D eigenvalue weighted by molar-refractivity contribution is 6.28. The normalized spacial score (nSPS) is 25.8. The molecule has 0 saturated heterocycles. The summed E-state index contributed by atoms with van der Waals surface area (Å²) in [5.41, 5.74) is 0. The van der Waals surface area contributed by atoms with Crippen molar-refractivity contribution in [2.45, 2.75) is 39.2 Å². The van der Waals surface area contributed by atoms with Gasteiger partial charge in [-0.3, -0.25) is 0 Å². The highest BCUT2D eigenvalue weighted by atomic mass is 35.5. The van der Waals surface area contributed by atoms with Gasteiger partial charge in [-0.15, -0.1) is 0 Å². The maximum absolute atomic E-state index is 5.97. The number of hydrogen-bond acceptors (Lipinski definition) is 6. The van der Waals surface area contributed by atoms with E-state index in [-0.39, 0.29) is 5.28 Å². The molecule has 2 aromatic heterocycles. The summed E-state index contributed by atoms with van der Waals surface area (Å²) in [6.45, 7) is 4.60. The van der Waals surface area contributed by atoms with Crippen molar-refractivity contribution < 1.29 is 0 Å². The second-order valence-electron chi connectivity index (χ2n) is 5.68. The molecule has 0 amide bonds. The maximum Gasteiger partial charge on any atom is 0.258 e. The lowest BCUT2D eigenvalue weighted by molar-refractivity contribution is 0.260. The third kappa shape index (κ3) is 3.29. The summed E-state index contributed by atoms with van der Waals surface area (Å²) in [6.07, 6.45) is 6.40. The van der Waals surface area contributed by atoms with Crippen LogP contribution in [0.1, 0.15) is 33.1 Å². The largest absolute Gasteiger partial charge is 0.351 e. The Kier molecular flexibility index (Phi) is 4.01. The van der Waals surface area contributed by atoms with E-state index in [0.717, 1.165) is 18.8 Å². The van der Waals surface area contributed by atoms with Gasteiger partial charge in [-0.2, -0.15) is 24.7 Å². The number of nitrogens with zero attached hydrogens (tertiary/aromatic N) is 6. The van der Waals surface area contributed by atoms with Crippen LogP contribution >= 0.6 is 11.6 Å². The van der Waals surface area contributed by atoms with Crippen molar-refractivity contribution in [3.8, 4) is 5.95 Å². The predicted octanol–water partition coefficient (Wildman–Crippen LogP) is 2.34. The molecule has 0 aromatic carbocycles. The SMILES string of the molecule is CC1CCC(Nc2nc(Cl)nc(-n3cncn3)n2)CC1C. The van der Waals surface area contributed by atoms with E-state index < -0.39 is 0 Å². The van der Waals surface area contributed by atoms with E-state index in [1.54, 1.807) is 0 Å². The Balaban J connectivity index is 1.77. The van der Waals surface area contributed by atoms with Crippen LogP contribution in [-0.2, 0) is 0 Å². The fraction of sp³-hybridized carbons (Fsp3) is 0.615. The zero-order valence-corrected chi connectivity index (χ0v) is 12.8. The molecule has 2 heterocycles. The summed E-state index contributed by atoms with van der Waals surface area (Å²) >= 11 is 5.97. The minimum atomic E-state index is 0.148. The van der Waals surface area contributed by atoms with Crippen LogP contribution in [0.5, 0.6) is 0 Å². The highest BCUT2D eigenvalue weighted by Gasteiger charge is 2.25. The van der Waals surface area contributed by atoms with Gasteiger partial charge in [-0.25, -0.2) is 4.98 Å². The standard InChI is InChI=1S/C13H18ClN7/c1-8-3-4-10(5-9(8)2)17-12-18-11(14)19-13(20-12)21-7-15-6-16-21/h6-10H,3-5H2,1-2H3,(H,17,18,19,20).